The van der Waals surface area contributed by atoms with Gasteiger partial charge in [-0.05, 0) is 145 Å². The van der Waals surface area contributed by atoms with Crippen molar-refractivity contribution in [3.05, 3.63) is 241 Å². The number of fused-ring (bicyclic) bond motifs is 4. The molecule has 0 radical (unpaired) electrons. The van der Waals surface area contributed by atoms with E-state index in [9.17, 15) is 0 Å². The first kappa shape index (κ1) is 55.0. The Labute approximate surface area is 440 Å². The molecule has 16 heteroatoms. The topological polar surface area (TPSA) is 249 Å². The summed E-state index contributed by atoms with van der Waals surface area (Å²) in [6.45, 7) is 3.22. The number of unbranched alkanes of at least 4 members (excludes halogenated alkanes) is 2. The number of para-hydroxylation sites is 8. The summed E-state index contributed by atoms with van der Waals surface area (Å²) in [5.41, 5.74) is 13.9. The van der Waals surface area contributed by atoms with Crippen LogP contribution in [-0.4, -0.2) is 80.0 Å². The Morgan fingerprint density at radius 1 is 0.250 bits per heavy atom. The molecule has 12 aromatic rings. The number of aryl methyl sites for hydroxylation is 4. The lowest BCUT2D eigenvalue weighted by molar-refractivity contribution is 0.638. The second kappa shape index (κ2) is 26.4. The fourth-order valence-corrected chi connectivity index (χ4v) is 9.79. The maximum absolute atomic E-state index is 4.98. The van der Waals surface area contributed by atoms with Crippen molar-refractivity contribution in [1.82, 2.24) is 58.1 Å². The number of hydrogen-bond donors (Lipinski definition) is 0. The molecule has 0 spiro atoms. The van der Waals surface area contributed by atoms with E-state index in [1.807, 2.05) is 49.6 Å². The quantitative estimate of drug-likeness (QED) is 0.0753. The number of rotatable bonds is 18. The molecule has 0 aliphatic carbocycles. The van der Waals surface area contributed by atoms with Crippen LogP contribution in [0.2, 0.25) is 0 Å². The van der Waals surface area contributed by atoms with Gasteiger partial charge in [-0.1, -0.05) is 48.5 Å². The van der Waals surface area contributed by atoms with Crippen molar-refractivity contribution in [3.8, 4) is 0 Å². The highest BCUT2D eigenvalue weighted by Gasteiger charge is 2.16. The van der Waals surface area contributed by atoms with Crippen molar-refractivity contribution in [1.29, 1.82) is 0 Å². The first-order valence-corrected chi connectivity index (χ1v) is 25.0. The summed E-state index contributed by atoms with van der Waals surface area (Å²) in [5, 5.41) is 0. The molecule has 16 nitrogen and oxygen atoms in total. The number of aromatic nitrogens is 12. The number of nitrogens with zero attached hydrogens (tertiary/aromatic N) is 12. The summed E-state index contributed by atoms with van der Waals surface area (Å²) in [7, 11) is 0. The molecule has 12 rings (SSSR count). The smallest absolute Gasteiger partial charge is 0.110 e. The normalized spacial score (nSPS) is 10.8. The monoisotopic (exact) mass is 1020 g/mol. The van der Waals surface area contributed by atoms with Gasteiger partial charge in [0.25, 0.3) is 0 Å². The zero-order valence-corrected chi connectivity index (χ0v) is 42.3. The van der Waals surface area contributed by atoms with E-state index in [1.165, 1.54) is 44.3 Å². The molecule has 388 valence electrons. The fraction of sp³-hybridized carbons (Fsp3) is 0.200. The minimum atomic E-state index is 0. The summed E-state index contributed by atoms with van der Waals surface area (Å²) in [6.07, 6.45) is 22.8. The number of imidazole rings is 4. The van der Waals surface area contributed by atoms with Crippen molar-refractivity contribution in [2.45, 2.75) is 77.5 Å². The van der Waals surface area contributed by atoms with Crippen LogP contribution in [0.1, 0.15) is 71.2 Å². The zero-order valence-electron chi connectivity index (χ0n) is 42.3. The van der Waals surface area contributed by atoms with Crippen LogP contribution in [-0.2, 0) is 51.9 Å². The molecule has 8 heterocycles. The summed E-state index contributed by atoms with van der Waals surface area (Å²) in [6, 6.07) is 50.2. The van der Waals surface area contributed by atoms with Crippen molar-refractivity contribution in [2.24, 2.45) is 0 Å². The molecular formula is C60H64N12O4. The lowest BCUT2D eigenvalue weighted by atomic mass is 10.1. The SMILES string of the molecule is O.O.O.O.c1ccc2c(c1)nc(CCCCc1nc3ccccc3n1Cc1ccncc1)n2Cc1ccncc1.c1ccc2c(c1)nc(CCCCc1nc3ccccc3n1Cc1ccncc1)n2Cc1ccncc1. The Morgan fingerprint density at radius 2 is 0.447 bits per heavy atom. The predicted molar refractivity (Wildman–Crippen MR) is 300 cm³/mol. The van der Waals surface area contributed by atoms with E-state index >= 15 is 0 Å². The molecule has 4 aromatic carbocycles. The molecule has 76 heavy (non-hydrogen) atoms. The molecule has 0 aliphatic heterocycles. The van der Waals surface area contributed by atoms with Crippen LogP contribution in [0.25, 0.3) is 44.1 Å². The molecule has 8 N–H and O–H groups in total. The van der Waals surface area contributed by atoms with E-state index in [-0.39, 0.29) is 21.9 Å². The van der Waals surface area contributed by atoms with Crippen LogP contribution in [0.3, 0.4) is 0 Å². The third-order valence-electron chi connectivity index (χ3n) is 13.4. The Hall–Kier alpha value is -8.80. The lowest BCUT2D eigenvalue weighted by Gasteiger charge is -2.11. The highest BCUT2D eigenvalue weighted by molar-refractivity contribution is 5.78. The highest BCUT2D eigenvalue weighted by Crippen LogP contribution is 2.25. The maximum Gasteiger partial charge on any atom is 0.110 e. The molecule has 0 saturated carbocycles. The van der Waals surface area contributed by atoms with Crippen LogP contribution in [0, 0.1) is 0 Å². The van der Waals surface area contributed by atoms with E-state index in [4.69, 9.17) is 19.9 Å². The van der Waals surface area contributed by atoms with Crippen LogP contribution in [0.15, 0.2) is 195 Å². The summed E-state index contributed by atoms with van der Waals surface area (Å²) in [4.78, 5) is 36.6. The fourth-order valence-electron chi connectivity index (χ4n) is 9.79. The second-order valence-corrected chi connectivity index (χ2v) is 18.2. The van der Waals surface area contributed by atoms with E-state index < -0.39 is 0 Å². The van der Waals surface area contributed by atoms with Gasteiger partial charge in [0.1, 0.15) is 23.3 Å². The molecule has 0 fully saturated rings. The summed E-state index contributed by atoms with van der Waals surface area (Å²) in [5.74, 6) is 4.55. The Balaban J connectivity index is 0.000000210. The highest BCUT2D eigenvalue weighted by atomic mass is 16.0. The molecule has 0 bridgehead atoms. The minimum absolute atomic E-state index is 0. The Bertz CT molecular complexity index is 3190. The number of hydrogen-bond acceptors (Lipinski definition) is 8. The van der Waals surface area contributed by atoms with Crippen LogP contribution in [0.5, 0.6) is 0 Å². The van der Waals surface area contributed by atoms with Gasteiger partial charge in [0, 0.05) is 101 Å². The van der Waals surface area contributed by atoms with Gasteiger partial charge in [0.15, 0.2) is 0 Å². The average molecular weight is 1020 g/mol. The molecule has 0 atom stereocenters. The van der Waals surface area contributed by atoms with E-state index in [2.05, 4.69) is 184 Å². The van der Waals surface area contributed by atoms with Crippen molar-refractivity contribution >= 4 is 44.1 Å². The molecule has 0 amide bonds. The number of benzene rings is 4. The third kappa shape index (κ3) is 12.7. The molecular weight excluding hydrogens is 953 g/mol. The van der Waals surface area contributed by atoms with Gasteiger partial charge in [0.05, 0.1) is 44.1 Å². The lowest BCUT2D eigenvalue weighted by Crippen LogP contribution is -2.07. The molecule has 0 aliphatic rings. The van der Waals surface area contributed by atoms with Crippen molar-refractivity contribution in [3.63, 3.8) is 0 Å². The van der Waals surface area contributed by atoms with Gasteiger partial charge < -0.3 is 40.2 Å². The van der Waals surface area contributed by atoms with Gasteiger partial charge in [-0.25, -0.2) is 19.9 Å². The Morgan fingerprint density at radius 3 is 0.658 bits per heavy atom. The van der Waals surface area contributed by atoms with E-state index in [0.29, 0.717) is 0 Å². The zero-order chi connectivity index (χ0) is 48.3. The molecule has 0 unspecified atom stereocenters. The van der Waals surface area contributed by atoms with Crippen molar-refractivity contribution < 1.29 is 21.9 Å². The van der Waals surface area contributed by atoms with Gasteiger partial charge in [0.2, 0.25) is 0 Å². The third-order valence-corrected chi connectivity index (χ3v) is 13.4. The standard InChI is InChI=1S/2C30H28N6.4H2O/c2*1-3-9-27-25(7-1)33-29(35(27)21-23-13-17-31-18-14-23)11-5-6-12-30-34-26-8-2-4-10-28(26)36(30)22-24-15-19-32-20-16-24;;;;/h2*1-4,7-10,13-20H,5-6,11-12,21-22H2;4*1H2. The predicted octanol–water partition coefficient (Wildman–Crippen LogP) is 8.38. The summed E-state index contributed by atoms with van der Waals surface area (Å²) < 4.78 is 9.40. The van der Waals surface area contributed by atoms with Crippen molar-refractivity contribution in [2.75, 3.05) is 0 Å². The largest absolute Gasteiger partial charge is 0.412 e. The minimum Gasteiger partial charge on any atom is -0.412 e. The molecule has 8 aromatic heterocycles. The average Bonchev–Trinajstić information content (AvgIpc) is 4.19. The second-order valence-electron chi connectivity index (χ2n) is 18.2. The van der Waals surface area contributed by atoms with Gasteiger partial charge in [-0.3, -0.25) is 19.9 Å². The van der Waals surface area contributed by atoms with E-state index in [0.717, 1.165) is 123 Å². The first-order valence-electron chi connectivity index (χ1n) is 25.0. The number of pyridine rings is 4. The Kier molecular flexibility index (Phi) is 19.1. The first-order chi connectivity index (χ1) is 35.7. The van der Waals surface area contributed by atoms with Crippen LogP contribution >= 0.6 is 0 Å². The van der Waals surface area contributed by atoms with Crippen LogP contribution in [0.4, 0.5) is 0 Å². The summed E-state index contributed by atoms with van der Waals surface area (Å²) >= 11 is 0. The van der Waals surface area contributed by atoms with E-state index in [1.54, 1.807) is 0 Å². The van der Waals surface area contributed by atoms with Gasteiger partial charge in [-0.15, -0.1) is 0 Å². The molecule has 0 saturated heterocycles. The van der Waals surface area contributed by atoms with Crippen LogP contribution < -0.4 is 0 Å². The maximum atomic E-state index is 4.98. The van der Waals surface area contributed by atoms with Gasteiger partial charge >= 0.3 is 0 Å². The van der Waals surface area contributed by atoms with Gasteiger partial charge in [-0.2, -0.15) is 0 Å².